The van der Waals surface area contributed by atoms with Gasteiger partial charge in [-0.1, -0.05) is 18.2 Å². The molecule has 0 bridgehead atoms. The third-order valence-electron chi connectivity index (χ3n) is 2.37. The SMILES string of the molecule is CN(C)C=Nc1nc(=O)n(S(=O)c2ccccc2)cc1F.O. The van der Waals surface area contributed by atoms with Gasteiger partial charge < -0.3 is 10.4 Å². The van der Waals surface area contributed by atoms with Crippen LogP contribution in [0.5, 0.6) is 0 Å². The Kier molecular flexibility index (Phi) is 6.08. The molecule has 0 radical (unpaired) electrons. The van der Waals surface area contributed by atoms with E-state index in [4.69, 9.17) is 0 Å². The highest BCUT2D eigenvalue weighted by Gasteiger charge is 2.13. The number of aromatic nitrogens is 2. The van der Waals surface area contributed by atoms with Gasteiger partial charge in [0.1, 0.15) is 0 Å². The highest BCUT2D eigenvalue weighted by Crippen LogP contribution is 2.13. The fourth-order valence-corrected chi connectivity index (χ4v) is 2.43. The first-order valence-corrected chi connectivity index (χ1v) is 7.07. The standard InChI is InChI=1S/C13H13FN4O2S.H2O/c1-17(2)9-15-12-11(14)8-18(13(19)16-12)21(20)10-6-4-3-5-7-10;/h3-9H,1-2H3;1H2. The number of aliphatic imine (C=N–C) groups is 1. The molecule has 0 aliphatic rings. The van der Waals surface area contributed by atoms with Crippen LogP contribution in [-0.2, 0) is 11.0 Å². The molecule has 22 heavy (non-hydrogen) atoms. The van der Waals surface area contributed by atoms with Crippen LogP contribution >= 0.6 is 0 Å². The summed E-state index contributed by atoms with van der Waals surface area (Å²) in [6, 6.07) is 8.27. The molecule has 1 heterocycles. The highest BCUT2D eigenvalue weighted by atomic mass is 32.2. The number of nitrogens with zero attached hydrogens (tertiary/aromatic N) is 4. The fraction of sp³-hybridized carbons (Fsp3) is 0.154. The number of hydrogen-bond acceptors (Lipinski definition) is 4. The van der Waals surface area contributed by atoms with E-state index >= 15 is 0 Å². The Morgan fingerprint density at radius 1 is 1.32 bits per heavy atom. The van der Waals surface area contributed by atoms with Crippen LogP contribution in [0, 0.1) is 5.82 Å². The van der Waals surface area contributed by atoms with Crippen LogP contribution in [0.1, 0.15) is 0 Å². The lowest BCUT2D eigenvalue weighted by molar-refractivity contribution is 0.603. The Hall–Kier alpha value is -2.39. The van der Waals surface area contributed by atoms with Crippen LogP contribution in [0.15, 0.2) is 51.2 Å². The molecule has 0 saturated carbocycles. The predicted molar refractivity (Wildman–Crippen MR) is 82.2 cm³/mol. The van der Waals surface area contributed by atoms with Crippen LogP contribution in [0.4, 0.5) is 10.2 Å². The summed E-state index contributed by atoms with van der Waals surface area (Å²) in [5, 5.41) is 0. The van der Waals surface area contributed by atoms with Gasteiger partial charge in [-0.25, -0.2) is 22.4 Å². The molecule has 1 unspecified atom stereocenters. The Labute approximate surface area is 128 Å². The highest BCUT2D eigenvalue weighted by molar-refractivity contribution is 7.83. The van der Waals surface area contributed by atoms with Crippen LogP contribution in [-0.4, -0.2) is 44.0 Å². The van der Waals surface area contributed by atoms with Gasteiger partial charge in [0.05, 0.1) is 17.4 Å². The Morgan fingerprint density at radius 3 is 2.55 bits per heavy atom. The second kappa shape index (κ2) is 7.57. The zero-order chi connectivity index (χ0) is 15.4. The molecule has 0 aliphatic carbocycles. The van der Waals surface area contributed by atoms with Crippen LogP contribution in [0.25, 0.3) is 0 Å². The Balaban J connectivity index is 0.00000242. The van der Waals surface area contributed by atoms with Crippen molar-refractivity contribution in [2.24, 2.45) is 4.99 Å². The average molecular weight is 326 g/mol. The van der Waals surface area contributed by atoms with Gasteiger partial charge >= 0.3 is 5.69 Å². The molecular formula is C13H15FN4O3S. The van der Waals surface area contributed by atoms with Gasteiger partial charge in [-0.05, 0) is 12.1 Å². The number of benzene rings is 1. The second-order valence-electron chi connectivity index (χ2n) is 4.29. The first-order chi connectivity index (χ1) is 9.99. The summed E-state index contributed by atoms with van der Waals surface area (Å²) in [6.45, 7) is 0. The number of halogens is 1. The van der Waals surface area contributed by atoms with Crippen molar-refractivity contribution in [2.75, 3.05) is 14.1 Å². The monoisotopic (exact) mass is 326 g/mol. The van der Waals surface area contributed by atoms with Gasteiger partial charge in [0.15, 0.2) is 22.6 Å². The van der Waals surface area contributed by atoms with E-state index in [-0.39, 0.29) is 11.3 Å². The van der Waals surface area contributed by atoms with Crippen LogP contribution in [0.2, 0.25) is 0 Å². The molecule has 0 amide bonds. The molecule has 2 N–H and O–H groups in total. The van der Waals surface area contributed by atoms with E-state index in [1.54, 1.807) is 49.3 Å². The Bertz CT molecular complexity index is 747. The lowest BCUT2D eigenvalue weighted by Crippen LogP contribution is -2.25. The minimum Gasteiger partial charge on any atom is -0.412 e. The Morgan fingerprint density at radius 2 is 1.95 bits per heavy atom. The summed E-state index contributed by atoms with van der Waals surface area (Å²) in [5.74, 6) is -1.16. The predicted octanol–water partition coefficient (Wildman–Crippen LogP) is 0.350. The molecule has 1 aromatic carbocycles. The normalized spacial score (nSPS) is 12.0. The summed E-state index contributed by atoms with van der Waals surface area (Å²) >= 11 is 0. The molecule has 0 spiro atoms. The molecule has 118 valence electrons. The molecule has 2 rings (SSSR count). The molecule has 2 aromatic rings. The van der Waals surface area contributed by atoms with Crippen molar-refractivity contribution in [1.82, 2.24) is 13.9 Å². The van der Waals surface area contributed by atoms with Gasteiger partial charge in [-0.2, -0.15) is 4.98 Å². The minimum absolute atomic E-state index is 0. The topological polar surface area (TPSA) is 99.1 Å². The largest absolute Gasteiger partial charge is 0.412 e. The van der Waals surface area contributed by atoms with Gasteiger partial charge in [0.25, 0.3) is 0 Å². The lowest BCUT2D eigenvalue weighted by Gasteiger charge is -2.06. The van der Waals surface area contributed by atoms with E-state index in [0.29, 0.717) is 4.90 Å². The van der Waals surface area contributed by atoms with Gasteiger partial charge in [-0.15, -0.1) is 0 Å². The average Bonchev–Trinajstić information content (AvgIpc) is 2.47. The zero-order valence-corrected chi connectivity index (χ0v) is 12.7. The quantitative estimate of drug-likeness (QED) is 0.598. The zero-order valence-electron chi connectivity index (χ0n) is 11.9. The number of rotatable bonds is 4. The molecule has 0 fully saturated rings. The van der Waals surface area contributed by atoms with Crippen molar-refractivity contribution in [1.29, 1.82) is 0 Å². The molecular weight excluding hydrogens is 311 g/mol. The van der Waals surface area contributed by atoms with E-state index in [0.717, 1.165) is 10.2 Å². The van der Waals surface area contributed by atoms with Gasteiger partial charge in [0, 0.05) is 14.1 Å². The smallest absolute Gasteiger partial charge is 0.362 e. The molecule has 9 heteroatoms. The maximum atomic E-state index is 13.9. The maximum absolute atomic E-state index is 13.9. The van der Waals surface area contributed by atoms with Gasteiger partial charge in [0.2, 0.25) is 0 Å². The van der Waals surface area contributed by atoms with E-state index in [1.165, 1.54) is 6.34 Å². The minimum atomic E-state index is -1.85. The van der Waals surface area contributed by atoms with Gasteiger partial charge in [-0.3, -0.25) is 0 Å². The molecule has 7 nitrogen and oxygen atoms in total. The molecule has 0 aliphatic heterocycles. The third kappa shape index (κ3) is 4.06. The third-order valence-corrected chi connectivity index (χ3v) is 3.66. The second-order valence-corrected chi connectivity index (χ2v) is 5.65. The van der Waals surface area contributed by atoms with E-state index in [2.05, 4.69) is 9.98 Å². The lowest BCUT2D eigenvalue weighted by atomic mass is 10.4. The molecule has 1 atom stereocenters. The summed E-state index contributed by atoms with van der Waals surface area (Å²) < 4.78 is 26.8. The first-order valence-electron chi connectivity index (χ1n) is 5.96. The van der Waals surface area contributed by atoms with Crippen molar-refractivity contribution >= 4 is 23.1 Å². The summed E-state index contributed by atoms with van der Waals surface area (Å²) in [5.41, 5.74) is -0.829. The van der Waals surface area contributed by atoms with Crippen LogP contribution in [0.3, 0.4) is 0 Å². The summed E-state index contributed by atoms with van der Waals surface area (Å²) in [7, 11) is 1.55. The van der Waals surface area contributed by atoms with E-state index in [9.17, 15) is 13.4 Å². The van der Waals surface area contributed by atoms with Crippen molar-refractivity contribution < 1.29 is 14.1 Å². The summed E-state index contributed by atoms with van der Waals surface area (Å²) in [6.07, 6.45) is 2.17. The number of hydrogen-bond donors (Lipinski definition) is 0. The van der Waals surface area contributed by atoms with Crippen molar-refractivity contribution in [3.05, 3.63) is 52.8 Å². The van der Waals surface area contributed by atoms with E-state index < -0.39 is 22.5 Å². The van der Waals surface area contributed by atoms with Crippen molar-refractivity contribution in [3.8, 4) is 0 Å². The van der Waals surface area contributed by atoms with Crippen molar-refractivity contribution in [3.63, 3.8) is 0 Å². The first kappa shape index (κ1) is 17.7. The van der Waals surface area contributed by atoms with Crippen molar-refractivity contribution in [2.45, 2.75) is 4.90 Å². The maximum Gasteiger partial charge on any atom is 0.362 e. The molecule has 0 saturated heterocycles. The van der Waals surface area contributed by atoms with E-state index in [1.807, 2.05) is 0 Å². The summed E-state index contributed by atoms with van der Waals surface area (Å²) in [4.78, 5) is 21.1. The molecule has 1 aromatic heterocycles. The fourth-order valence-electron chi connectivity index (χ4n) is 1.44. The van der Waals surface area contributed by atoms with Crippen LogP contribution < -0.4 is 5.69 Å².